The van der Waals surface area contributed by atoms with Crippen LogP contribution in [0.1, 0.15) is 11.1 Å². The molecular formula is C24H16O2. The molecule has 0 saturated heterocycles. The summed E-state index contributed by atoms with van der Waals surface area (Å²) >= 11 is 0. The van der Waals surface area contributed by atoms with Gasteiger partial charge in [-0.1, -0.05) is 36.4 Å². The van der Waals surface area contributed by atoms with Crippen LogP contribution in [0.25, 0.3) is 54.6 Å². The Balaban J connectivity index is 1.99. The molecule has 2 heteroatoms. The van der Waals surface area contributed by atoms with Gasteiger partial charge in [0.2, 0.25) is 0 Å². The number of aryl methyl sites for hydroxylation is 2. The molecule has 6 aromatic rings. The number of hydrogen-bond acceptors (Lipinski definition) is 2. The van der Waals surface area contributed by atoms with E-state index in [1.165, 1.54) is 32.3 Å². The highest BCUT2D eigenvalue weighted by Crippen LogP contribution is 2.42. The molecule has 0 spiro atoms. The smallest absolute Gasteiger partial charge is 0.138 e. The number of hydrogen-bond donors (Lipinski definition) is 0. The van der Waals surface area contributed by atoms with Crippen LogP contribution in [0.4, 0.5) is 0 Å². The van der Waals surface area contributed by atoms with Gasteiger partial charge in [-0.2, -0.15) is 0 Å². The molecule has 2 heterocycles. The van der Waals surface area contributed by atoms with Crippen molar-refractivity contribution in [3.05, 3.63) is 71.8 Å². The molecule has 0 aliphatic carbocycles. The van der Waals surface area contributed by atoms with Crippen LogP contribution >= 0.6 is 0 Å². The summed E-state index contributed by atoms with van der Waals surface area (Å²) < 4.78 is 12.4. The van der Waals surface area contributed by atoms with E-state index in [2.05, 4.69) is 50.2 Å². The highest BCUT2D eigenvalue weighted by Gasteiger charge is 2.18. The largest absolute Gasteiger partial charge is 0.456 e. The predicted molar refractivity (Wildman–Crippen MR) is 108 cm³/mol. The van der Waals surface area contributed by atoms with Gasteiger partial charge in [0.15, 0.2) is 0 Å². The van der Waals surface area contributed by atoms with Crippen LogP contribution in [0.3, 0.4) is 0 Å². The van der Waals surface area contributed by atoms with Crippen LogP contribution in [0.15, 0.2) is 69.5 Å². The van der Waals surface area contributed by atoms with E-state index >= 15 is 0 Å². The summed E-state index contributed by atoms with van der Waals surface area (Å²) in [6.07, 6.45) is 0. The molecule has 0 atom stereocenters. The Bertz CT molecular complexity index is 1380. The quantitative estimate of drug-likeness (QED) is 0.292. The van der Waals surface area contributed by atoms with Crippen LogP contribution in [-0.4, -0.2) is 0 Å². The first-order chi connectivity index (χ1) is 12.7. The van der Waals surface area contributed by atoms with Crippen molar-refractivity contribution in [3.63, 3.8) is 0 Å². The van der Waals surface area contributed by atoms with Crippen LogP contribution in [-0.2, 0) is 0 Å². The molecule has 0 aliphatic heterocycles. The summed E-state index contributed by atoms with van der Waals surface area (Å²) in [6.45, 7) is 4.25. The zero-order valence-electron chi connectivity index (χ0n) is 14.6. The Labute approximate surface area is 149 Å². The first kappa shape index (κ1) is 14.0. The molecule has 0 aliphatic rings. The van der Waals surface area contributed by atoms with Gasteiger partial charge in [0.25, 0.3) is 0 Å². The second kappa shape index (κ2) is 4.67. The molecule has 26 heavy (non-hydrogen) atoms. The summed E-state index contributed by atoms with van der Waals surface area (Å²) in [6, 6.07) is 21.0. The minimum absolute atomic E-state index is 0.938. The fraction of sp³-hybridized carbons (Fsp3) is 0.0833. The first-order valence-electron chi connectivity index (χ1n) is 8.88. The molecule has 4 aromatic carbocycles. The summed E-state index contributed by atoms with van der Waals surface area (Å²) in [5, 5.41) is 7.20. The van der Waals surface area contributed by atoms with E-state index in [0.717, 1.165) is 33.5 Å². The molecule has 124 valence electrons. The van der Waals surface area contributed by atoms with Crippen LogP contribution in [0.2, 0.25) is 0 Å². The number of para-hydroxylation sites is 2. The van der Waals surface area contributed by atoms with E-state index in [-0.39, 0.29) is 0 Å². The minimum atomic E-state index is 0.938. The van der Waals surface area contributed by atoms with E-state index in [1.807, 2.05) is 24.3 Å². The van der Waals surface area contributed by atoms with Gasteiger partial charge >= 0.3 is 0 Å². The number of benzene rings is 4. The van der Waals surface area contributed by atoms with Crippen molar-refractivity contribution in [2.45, 2.75) is 13.8 Å². The van der Waals surface area contributed by atoms with Gasteiger partial charge in [0, 0.05) is 21.5 Å². The molecule has 0 fully saturated rings. The van der Waals surface area contributed by atoms with Crippen molar-refractivity contribution in [3.8, 4) is 0 Å². The van der Waals surface area contributed by atoms with Crippen molar-refractivity contribution < 1.29 is 8.83 Å². The third-order valence-corrected chi connectivity index (χ3v) is 5.46. The lowest BCUT2D eigenvalue weighted by Crippen LogP contribution is -1.83. The lowest BCUT2D eigenvalue weighted by atomic mass is 9.95. The van der Waals surface area contributed by atoms with E-state index in [1.54, 1.807) is 0 Å². The van der Waals surface area contributed by atoms with Crippen LogP contribution in [0.5, 0.6) is 0 Å². The molecule has 0 bridgehead atoms. The van der Waals surface area contributed by atoms with Crippen molar-refractivity contribution in [2.24, 2.45) is 0 Å². The topological polar surface area (TPSA) is 26.3 Å². The van der Waals surface area contributed by atoms with Crippen molar-refractivity contribution in [2.75, 3.05) is 0 Å². The predicted octanol–water partition coefficient (Wildman–Crippen LogP) is 7.26. The lowest BCUT2D eigenvalue weighted by molar-refractivity contribution is 0.665. The van der Waals surface area contributed by atoms with E-state index < -0.39 is 0 Å². The average Bonchev–Trinajstić information content (AvgIpc) is 3.23. The molecular weight excluding hydrogens is 320 g/mol. The molecule has 0 saturated carbocycles. The zero-order valence-corrected chi connectivity index (χ0v) is 14.6. The van der Waals surface area contributed by atoms with Gasteiger partial charge in [-0.25, -0.2) is 0 Å². The molecule has 2 nitrogen and oxygen atoms in total. The van der Waals surface area contributed by atoms with Gasteiger partial charge < -0.3 is 8.83 Å². The molecule has 0 unspecified atom stereocenters. The lowest BCUT2D eigenvalue weighted by Gasteiger charge is -2.06. The monoisotopic (exact) mass is 336 g/mol. The summed E-state index contributed by atoms with van der Waals surface area (Å²) in [5.41, 5.74) is 6.13. The van der Waals surface area contributed by atoms with Gasteiger partial charge in [-0.3, -0.25) is 0 Å². The van der Waals surface area contributed by atoms with E-state index in [0.29, 0.717) is 0 Å². The average molecular weight is 336 g/mol. The maximum absolute atomic E-state index is 6.19. The standard InChI is InChI=1S/C24H16O2/c1-13-11-17-18(21-15-7-3-5-9-19(15)25-23(13)21)12-14(2)24-22(17)16-8-4-6-10-20(16)26-24/h3-12H,1-2H3. The number of furan rings is 2. The van der Waals surface area contributed by atoms with Crippen molar-refractivity contribution >= 4 is 54.6 Å². The fourth-order valence-electron chi connectivity index (χ4n) is 4.31. The zero-order chi connectivity index (χ0) is 17.4. The Morgan fingerprint density at radius 3 is 1.42 bits per heavy atom. The van der Waals surface area contributed by atoms with Crippen molar-refractivity contribution in [1.29, 1.82) is 0 Å². The maximum atomic E-state index is 6.19. The molecule has 6 rings (SSSR count). The van der Waals surface area contributed by atoms with Gasteiger partial charge in [-0.05, 0) is 60.0 Å². The Morgan fingerprint density at radius 2 is 0.962 bits per heavy atom. The van der Waals surface area contributed by atoms with Gasteiger partial charge in [-0.15, -0.1) is 0 Å². The third-order valence-electron chi connectivity index (χ3n) is 5.46. The van der Waals surface area contributed by atoms with E-state index in [9.17, 15) is 0 Å². The Kier molecular flexibility index (Phi) is 2.51. The number of rotatable bonds is 0. The first-order valence-corrected chi connectivity index (χ1v) is 8.88. The highest BCUT2D eigenvalue weighted by atomic mass is 16.3. The normalized spacial score (nSPS) is 12.2. The molecule has 2 aromatic heterocycles. The Morgan fingerprint density at radius 1 is 0.538 bits per heavy atom. The molecule has 0 radical (unpaired) electrons. The Hall–Kier alpha value is -3.26. The van der Waals surface area contributed by atoms with Crippen molar-refractivity contribution in [1.82, 2.24) is 0 Å². The summed E-state index contributed by atoms with van der Waals surface area (Å²) in [7, 11) is 0. The minimum Gasteiger partial charge on any atom is -0.456 e. The second-order valence-corrected chi connectivity index (χ2v) is 7.09. The highest BCUT2D eigenvalue weighted by molar-refractivity contribution is 6.28. The second-order valence-electron chi connectivity index (χ2n) is 7.09. The number of fused-ring (bicyclic) bond motifs is 9. The molecule has 0 amide bonds. The molecule has 0 N–H and O–H groups in total. The fourth-order valence-corrected chi connectivity index (χ4v) is 4.31. The van der Waals surface area contributed by atoms with Gasteiger partial charge in [0.1, 0.15) is 22.3 Å². The van der Waals surface area contributed by atoms with Gasteiger partial charge in [0.05, 0.1) is 0 Å². The van der Waals surface area contributed by atoms with Crippen LogP contribution in [0, 0.1) is 13.8 Å². The SMILES string of the molecule is Cc1cc2c(cc(C)c3oc4ccccc4c32)c2c1oc1ccccc12. The third kappa shape index (κ3) is 1.62. The summed E-state index contributed by atoms with van der Waals surface area (Å²) in [5.74, 6) is 0. The summed E-state index contributed by atoms with van der Waals surface area (Å²) in [4.78, 5) is 0. The van der Waals surface area contributed by atoms with Crippen LogP contribution < -0.4 is 0 Å². The van der Waals surface area contributed by atoms with E-state index in [4.69, 9.17) is 8.83 Å². The maximum Gasteiger partial charge on any atom is 0.138 e.